The lowest BCUT2D eigenvalue weighted by Crippen LogP contribution is -2.57. The molecule has 1 aromatic carbocycles. The molecule has 8 heteroatoms. The van der Waals surface area contributed by atoms with Gasteiger partial charge in [0.05, 0.1) is 16.5 Å². The van der Waals surface area contributed by atoms with Gasteiger partial charge in [-0.25, -0.2) is 9.37 Å². The van der Waals surface area contributed by atoms with Crippen LogP contribution in [0.15, 0.2) is 22.5 Å². The lowest BCUT2D eigenvalue weighted by Gasteiger charge is -2.56. The predicted octanol–water partition coefficient (Wildman–Crippen LogP) is 8.37. The molecule has 0 aliphatic carbocycles. The van der Waals surface area contributed by atoms with Crippen LogP contribution in [-0.4, -0.2) is 22.0 Å². The number of hydrogen-bond donors (Lipinski definition) is 1. The minimum Gasteiger partial charge on any atom is -0.481 e. The molecule has 5 nitrogen and oxygen atoms in total. The van der Waals surface area contributed by atoms with Crippen LogP contribution in [0.5, 0.6) is 0 Å². The Balaban J connectivity index is 2.58. The number of fused-ring (bicyclic) bond motifs is 1. The maximum absolute atomic E-state index is 14.1. The van der Waals surface area contributed by atoms with Crippen LogP contribution in [0.4, 0.5) is 4.39 Å². The van der Waals surface area contributed by atoms with Crippen molar-refractivity contribution >= 4 is 45.5 Å². The van der Waals surface area contributed by atoms with Gasteiger partial charge in [0.1, 0.15) is 23.4 Å². The van der Waals surface area contributed by atoms with Crippen molar-refractivity contribution in [1.29, 1.82) is 0 Å². The average molecular weight is 526 g/mol. The Labute approximate surface area is 217 Å². The number of hydrogen-bond acceptors (Lipinski definition) is 6. The first-order chi connectivity index (χ1) is 15.7. The Hall–Kier alpha value is -1.67. The van der Waals surface area contributed by atoms with Gasteiger partial charge in [-0.15, -0.1) is 11.3 Å². The van der Waals surface area contributed by atoms with E-state index in [4.69, 9.17) is 4.18 Å². The molecule has 1 heterocycles. The minimum atomic E-state index is -1.33. The molecule has 0 saturated heterocycles. The number of halogens is 1. The first-order valence-electron chi connectivity index (χ1n) is 11.9. The molecular weight excluding hydrogens is 485 g/mol. The standard InChI is InChI=1S/C27H40FNO4S2/c1-23(2,3)15-25(7,8)27(14-19(30)31,26(9,10)16-24(4,5)6)21(32)33-35-22-29-20-17(28)12-11-13-18(20)34-22/h11-13H,14-16H2,1-10H3,(H,30,31). The zero-order valence-electron chi connectivity index (χ0n) is 22.7. The molecule has 0 aliphatic heterocycles. The maximum Gasteiger partial charge on any atom is 0.326 e. The molecular formula is C27H40FNO4S2. The van der Waals surface area contributed by atoms with Crippen molar-refractivity contribution in [3.8, 4) is 0 Å². The van der Waals surface area contributed by atoms with E-state index in [-0.39, 0.29) is 22.8 Å². The van der Waals surface area contributed by atoms with Crippen LogP contribution in [0.25, 0.3) is 10.2 Å². The molecule has 0 atom stereocenters. The fourth-order valence-corrected chi connectivity index (χ4v) is 7.91. The van der Waals surface area contributed by atoms with Gasteiger partial charge < -0.3 is 9.29 Å². The number of nitrogens with zero attached hydrogens (tertiary/aromatic N) is 1. The molecule has 0 amide bonds. The molecule has 2 rings (SSSR count). The van der Waals surface area contributed by atoms with E-state index in [1.165, 1.54) is 17.4 Å². The monoisotopic (exact) mass is 525 g/mol. The third kappa shape index (κ3) is 6.76. The summed E-state index contributed by atoms with van der Waals surface area (Å²) < 4.78 is 21.0. The van der Waals surface area contributed by atoms with E-state index in [2.05, 4.69) is 46.5 Å². The fourth-order valence-electron chi connectivity index (χ4n) is 6.27. The summed E-state index contributed by atoms with van der Waals surface area (Å²) in [5.74, 6) is -2.05. The summed E-state index contributed by atoms with van der Waals surface area (Å²) in [6.45, 7) is 20.4. The number of rotatable bonds is 9. The Morgan fingerprint density at radius 3 is 1.91 bits per heavy atom. The summed E-state index contributed by atoms with van der Waals surface area (Å²) in [6.07, 6.45) is 0.882. The van der Waals surface area contributed by atoms with Gasteiger partial charge in [0.25, 0.3) is 0 Å². The van der Waals surface area contributed by atoms with Gasteiger partial charge in [-0.05, 0) is 46.6 Å². The van der Waals surface area contributed by atoms with E-state index in [0.29, 0.717) is 21.9 Å². The number of carboxylic acid groups (broad SMARTS) is 1. The second kappa shape index (κ2) is 10.0. The molecule has 0 spiro atoms. The van der Waals surface area contributed by atoms with Gasteiger partial charge in [-0.2, -0.15) is 0 Å². The van der Waals surface area contributed by atoms with Crippen molar-refractivity contribution in [3.05, 3.63) is 24.0 Å². The van der Waals surface area contributed by atoms with Gasteiger partial charge >= 0.3 is 11.9 Å². The zero-order valence-corrected chi connectivity index (χ0v) is 24.3. The third-order valence-electron chi connectivity index (χ3n) is 6.56. The second-order valence-corrected chi connectivity index (χ2v) is 15.2. The predicted molar refractivity (Wildman–Crippen MR) is 142 cm³/mol. The van der Waals surface area contributed by atoms with Gasteiger partial charge in [0, 0.05) is 0 Å². The van der Waals surface area contributed by atoms with Crippen LogP contribution < -0.4 is 0 Å². The molecule has 196 valence electrons. The molecule has 0 fully saturated rings. The summed E-state index contributed by atoms with van der Waals surface area (Å²) in [5.41, 5.74) is -2.83. The zero-order chi connectivity index (χ0) is 27.0. The summed E-state index contributed by atoms with van der Waals surface area (Å²) >= 11 is 2.01. The van der Waals surface area contributed by atoms with E-state index in [0.717, 1.165) is 12.0 Å². The Morgan fingerprint density at radius 1 is 0.971 bits per heavy atom. The van der Waals surface area contributed by atoms with Crippen molar-refractivity contribution in [2.24, 2.45) is 27.1 Å². The van der Waals surface area contributed by atoms with Crippen LogP contribution in [0, 0.1) is 32.9 Å². The molecule has 0 saturated carbocycles. The maximum atomic E-state index is 14.1. The van der Waals surface area contributed by atoms with Crippen LogP contribution in [0.2, 0.25) is 0 Å². The van der Waals surface area contributed by atoms with Crippen molar-refractivity contribution in [2.45, 2.75) is 92.8 Å². The summed E-state index contributed by atoms with van der Waals surface area (Å²) in [6, 6.07) is 4.71. The smallest absolute Gasteiger partial charge is 0.326 e. The highest BCUT2D eigenvalue weighted by atomic mass is 32.2. The highest BCUT2D eigenvalue weighted by Crippen LogP contribution is 2.62. The SMILES string of the molecule is CC(C)(C)CC(C)(C)C(CC(=O)O)(C(=O)OSc1nc2c(F)cccc2s1)C(C)(C)CC(C)(C)C. The van der Waals surface area contributed by atoms with E-state index in [1.54, 1.807) is 12.1 Å². The number of carbonyl (C=O) groups is 2. The molecule has 2 aromatic rings. The first-order valence-corrected chi connectivity index (χ1v) is 13.4. The van der Waals surface area contributed by atoms with Crippen molar-refractivity contribution in [3.63, 3.8) is 0 Å². The Bertz CT molecular complexity index is 1050. The average Bonchev–Trinajstić information content (AvgIpc) is 3.04. The summed E-state index contributed by atoms with van der Waals surface area (Å²) in [4.78, 5) is 30.7. The van der Waals surface area contributed by atoms with Crippen molar-refractivity contribution < 1.29 is 23.3 Å². The molecule has 0 radical (unpaired) electrons. The van der Waals surface area contributed by atoms with Gasteiger partial charge in [-0.1, -0.05) is 75.3 Å². The topological polar surface area (TPSA) is 76.5 Å². The van der Waals surface area contributed by atoms with Crippen LogP contribution in [-0.2, 0) is 13.8 Å². The third-order valence-corrected chi connectivity index (χ3v) is 8.30. The van der Waals surface area contributed by atoms with Crippen molar-refractivity contribution in [1.82, 2.24) is 4.98 Å². The molecule has 1 N–H and O–H groups in total. The van der Waals surface area contributed by atoms with E-state index in [9.17, 15) is 19.1 Å². The highest BCUT2D eigenvalue weighted by Gasteiger charge is 2.63. The minimum absolute atomic E-state index is 0.150. The van der Waals surface area contributed by atoms with E-state index >= 15 is 0 Å². The second-order valence-electron chi connectivity index (χ2n) is 13.2. The molecule has 0 unspecified atom stereocenters. The molecule has 0 aliphatic rings. The summed E-state index contributed by atoms with van der Waals surface area (Å²) in [7, 11) is 0. The van der Waals surface area contributed by atoms with Gasteiger partial charge in [0.2, 0.25) is 0 Å². The number of aromatic nitrogens is 1. The Morgan fingerprint density at radius 2 is 1.49 bits per heavy atom. The lowest BCUT2D eigenvalue weighted by molar-refractivity contribution is -0.180. The quantitative estimate of drug-likeness (QED) is 0.331. The summed E-state index contributed by atoms with van der Waals surface area (Å²) in [5, 5.41) is 10.1. The fraction of sp³-hybridized carbons (Fsp3) is 0.667. The van der Waals surface area contributed by atoms with Crippen molar-refractivity contribution in [2.75, 3.05) is 0 Å². The molecule has 35 heavy (non-hydrogen) atoms. The number of carbonyl (C=O) groups excluding carboxylic acids is 1. The van der Waals surface area contributed by atoms with Gasteiger partial charge in [0.15, 0.2) is 4.34 Å². The van der Waals surface area contributed by atoms with E-state index in [1.807, 2.05) is 27.7 Å². The normalized spacial score (nSPS) is 13.8. The number of thiazole rings is 1. The highest BCUT2D eigenvalue weighted by molar-refractivity contribution is 7.97. The molecule has 1 aromatic heterocycles. The van der Waals surface area contributed by atoms with Crippen LogP contribution in [0.1, 0.15) is 88.5 Å². The van der Waals surface area contributed by atoms with Crippen LogP contribution in [0.3, 0.4) is 0 Å². The first kappa shape index (κ1) is 29.6. The van der Waals surface area contributed by atoms with Crippen LogP contribution >= 0.6 is 23.4 Å². The lowest BCUT2D eigenvalue weighted by atomic mass is 9.46. The number of aliphatic carboxylic acids is 1. The number of carboxylic acids is 1. The van der Waals surface area contributed by atoms with E-state index < -0.39 is 34.0 Å². The van der Waals surface area contributed by atoms with Gasteiger partial charge in [-0.3, -0.25) is 9.59 Å². The number of benzene rings is 1. The largest absolute Gasteiger partial charge is 0.481 e. The number of para-hydroxylation sites is 1. The molecule has 0 bridgehead atoms. The Kier molecular flexibility index (Phi) is 8.45.